The maximum absolute atomic E-state index is 12.8. The Bertz CT molecular complexity index is 1280. The minimum absolute atomic E-state index is 0.0849. The Morgan fingerprint density at radius 3 is 2.62 bits per heavy atom. The summed E-state index contributed by atoms with van der Waals surface area (Å²) in [5.74, 6) is 0.189. The molecule has 3 heterocycles. The zero-order chi connectivity index (χ0) is 24.7. The topological polar surface area (TPSA) is 116 Å². The average Bonchev–Trinajstić information content (AvgIpc) is 3.11. The van der Waals surface area contributed by atoms with Gasteiger partial charge in [0.1, 0.15) is 5.03 Å². The fourth-order valence-corrected chi connectivity index (χ4v) is 5.00. The molecule has 3 N–H and O–H groups in total. The van der Waals surface area contributed by atoms with Crippen molar-refractivity contribution in [2.45, 2.75) is 68.3 Å². The second-order valence-electron chi connectivity index (χ2n) is 8.96. The van der Waals surface area contributed by atoms with E-state index >= 15 is 0 Å². The largest absolute Gasteiger partial charge is 0.393 e. The van der Waals surface area contributed by atoms with Gasteiger partial charge >= 0.3 is 6.18 Å². The fraction of sp³-hybridized carbons (Fsp3) is 0.500. The lowest BCUT2D eigenvalue weighted by atomic mass is 9.85. The summed E-state index contributed by atoms with van der Waals surface area (Å²) in [6, 6.07) is 4.40. The first-order valence-electron chi connectivity index (χ1n) is 11.0. The van der Waals surface area contributed by atoms with Crippen molar-refractivity contribution in [3.63, 3.8) is 0 Å². The number of alkyl halides is 3. The number of anilines is 1. The number of nitrogens with zero attached hydrogens (tertiary/aromatic N) is 4. The van der Waals surface area contributed by atoms with Crippen LogP contribution in [0.4, 0.5) is 19.1 Å². The lowest BCUT2D eigenvalue weighted by Crippen LogP contribution is -2.25. The molecule has 0 aromatic carbocycles. The maximum atomic E-state index is 12.8. The minimum atomic E-state index is -4.31. The van der Waals surface area contributed by atoms with Gasteiger partial charge in [0, 0.05) is 35.7 Å². The van der Waals surface area contributed by atoms with Crippen molar-refractivity contribution < 1.29 is 22.5 Å². The lowest BCUT2D eigenvalue weighted by molar-refractivity contribution is -0.136. The van der Waals surface area contributed by atoms with E-state index in [0.717, 1.165) is 24.1 Å². The van der Waals surface area contributed by atoms with E-state index in [0.29, 0.717) is 23.9 Å². The normalized spacial score (nSPS) is 21.8. The highest BCUT2D eigenvalue weighted by atomic mass is 32.2. The van der Waals surface area contributed by atoms with Crippen LogP contribution in [0.2, 0.25) is 0 Å². The summed E-state index contributed by atoms with van der Waals surface area (Å²) in [5.41, 5.74) is 2.96. The van der Waals surface area contributed by atoms with E-state index in [1.165, 1.54) is 19.4 Å². The molecular weight excluding hydrogens is 469 g/mol. The Balaban J connectivity index is 1.78. The van der Waals surface area contributed by atoms with E-state index in [2.05, 4.69) is 20.4 Å². The SMILES string of the molecule is C[C@@H](CC(F)(F)F)Nc1ncc2c(-c3ccnc([S@](C)(=N)=O)c3)cc(C3CCC(O)CC3)n2n1. The number of hydrogen-bond donors (Lipinski definition) is 3. The number of aliphatic hydroxyl groups excluding tert-OH is 1. The molecule has 2 atom stereocenters. The van der Waals surface area contributed by atoms with Crippen molar-refractivity contribution in [2.24, 2.45) is 0 Å². The Morgan fingerprint density at radius 2 is 1.97 bits per heavy atom. The first-order valence-corrected chi connectivity index (χ1v) is 13.0. The number of aromatic nitrogens is 4. The van der Waals surface area contributed by atoms with Crippen molar-refractivity contribution in [3.05, 3.63) is 36.3 Å². The Kier molecular flexibility index (Phi) is 6.56. The Morgan fingerprint density at radius 1 is 1.26 bits per heavy atom. The van der Waals surface area contributed by atoms with E-state index in [9.17, 15) is 22.5 Å². The third-order valence-electron chi connectivity index (χ3n) is 6.02. The summed E-state index contributed by atoms with van der Waals surface area (Å²) in [4.78, 5) is 8.31. The Labute approximate surface area is 195 Å². The zero-order valence-corrected chi connectivity index (χ0v) is 19.7. The molecule has 1 fully saturated rings. The predicted molar refractivity (Wildman–Crippen MR) is 122 cm³/mol. The third kappa shape index (κ3) is 5.49. The van der Waals surface area contributed by atoms with E-state index < -0.39 is 28.4 Å². The molecule has 3 aromatic heterocycles. The molecule has 0 aliphatic heterocycles. The smallest absolute Gasteiger partial charge is 0.391 e. The highest BCUT2D eigenvalue weighted by Gasteiger charge is 2.30. The second kappa shape index (κ2) is 9.14. The zero-order valence-electron chi connectivity index (χ0n) is 18.8. The van der Waals surface area contributed by atoms with Crippen LogP contribution in [0.1, 0.15) is 50.6 Å². The maximum Gasteiger partial charge on any atom is 0.391 e. The molecule has 0 radical (unpaired) electrons. The van der Waals surface area contributed by atoms with Gasteiger partial charge < -0.3 is 10.4 Å². The van der Waals surface area contributed by atoms with Crippen molar-refractivity contribution in [1.29, 1.82) is 4.78 Å². The number of halogens is 3. The summed E-state index contributed by atoms with van der Waals surface area (Å²) in [6.45, 7) is 1.42. The number of pyridine rings is 1. The summed E-state index contributed by atoms with van der Waals surface area (Å²) >= 11 is 0. The van der Waals surface area contributed by atoms with Crippen LogP contribution in [0.15, 0.2) is 35.6 Å². The van der Waals surface area contributed by atoms with Crippen LogP contribution < -0.4 is 5.32 Å². The number of hydrogen-bond acceptors (Lipinski definition) is 7. The molecule has 0 bridgehead atoms. The molecule has 184 valence electrons. The molecule has 1 aliphatic carbocycles. The standard InChI is InChI=1S/C22H27F3N6O2S/c1-13(11-22(23,24)25)29-21-28-12-19-17(15-7-8-27-20(9-15)34(2,26)33)10-18(31(19)30-21)14-3-5-16(32)6-4-14/h7-10,12-14,16,26,32H,3-6,11H2,1-2H3,(H,29,30)/t13-,14?,16?,34+/m0/s1. The van der Waals surface area contributed by atoms with Gasteiger partial charge in [0.2, 0.25) is 5.95 Å². The quantitative estimate of drug-likeness (QED) is 0.459. The molecular formula is C22H27F3N6O2S. The summed E-state index contributed by atoms with van der Waals surface area (Å²) in [7, 11) is -3.02. The van der Waals surface area contributed by atoms with Gasteiger partial charge in [0.05, 0.1) is 34.0 Å². The third-order valence-corrected chi connectivity index (χ3v) is 7.04. The lowest BCUT2D eigenvalue weighted by Gasteiger charge is -2.25. The van der Waals surface area contributed by atoms with E-state index in [1.807, 2.05) is 6.07 Å². The minimum Gasteiger partial charge on any atom is -0.393 e. The second-order valence-corrected chi connectivity index (χ2v) is 11.1. The van der Waals surface area contributed by atoms with Gasteiger partial charge in [-0.25, -0.2) is 23.5 Å². The van der Waals surface area contributed by atoms with Crippen LogP contribution >= 0.6 is 0 Å². The molecule has 0 spiro atoms. The van der Waals surface area contributed by atoms with Crippen molar-refractivity contribution in [3.8, 4) is 11.1 Å². The van der Waals surface area contributed by atoms with E-state index in [4.69, 9.17) is 4.78 Å². The number of nitrogens with one attached hydrogen (secondary N) is 2. The van der Waals surface area contributed by atoms with Gasteiger partial charge in [-0.2, -0.15) is 13.2 Å². The molecule has 0 unspecified atom stereocenters. The van der Waals surface area contributed by atoms with Crippen molar-refractivity contribution in [2.75, 3.05) is 11.6 Å². The first kappa shape index (κ1) is 24.4. The summed E-state index contributed by atoms with van der Waals surface area (Å²) < 4.78 is 60.1. The van der Waals surface area contributed by atoms with Crippen LogP contribution in [0.5, 0.6) is 0 Å². The van der Waals surface area contributed by atoms with Crippen LogP contribution in [0, 0.1) is 4.78 Å². The molecule has 1 aliphatic rings. The highest BCUT2D eigenvalue weighted by molar-refractivity contribution is 7.91. The van der Waals surface area contributed by atoms with Gasteiger partial charge in [0.15, 0.2) is 0 Å². The highest BCUT2D eigenvalue weighted by Crippen LogP contribution is 2.38. The predicted octanol–water partition coefficient (Wildman–Crippen LogP) is 4.60. The molecule has 4 rings (SSSR count). The van der Waals surface area contributed by atoms with Gasteiger partial charge in [-0.05, 0) is 56.4 Å². The molecule has 8 nitrogen and oxygen atoms in total. The molecule has 3 aromatic rings. The first-order chi connectivity index (χ1) is 15.9. The number of aliphatic hydroxyl groups is 1. The molecule has 12 heteroatoms. The average molecular weight is 497 g/mol. The number of rotatable bonds is 6. The van der Waals surface area contributed by atoms with Crippen LogP contribution in [0.3, 0.4) is 0 Å². The monoisotopic (exact) mass is 496 g/mol. The van der Waals surface area contributed by atoms with Gasteiger partial charge in [-0.15, -0.1) is 5.10 Å². The van der Waals surface area contributed by atoms with Crippen LogP contribution in [-0.2, 0) is 9.73 Å². The summed E-state index contributed by atoms with van der Waals surface area (Å²) in [5, 5.41) is 17.3. The number of fused-ring (bicyclic) bond motifs is 1. The van der Waals surface area contributed by atoms with Crippen LogP contribution in [-0.4, -0.2) is 53.5 Å². The van der Waals surface area contributed by atoms with E-state index in [-0.39, 0.29) is 23.0 Å². The summed E-state index contributed by atoms with van der Waals surface area (Å²) in [6.07, 6.45) is 1.51. The van der Waals surface area contributed by atoms with E-state index in [1.54, 1.807) is 22.8 Å². The fourth-order valence-electron chi connectivity index (χ4n) is 4.38. The van der Waals surface area contributed by atoms with Gasteiger partial charge in [-0.3, -0.25) is 0 Å². The van der Waals surface area contributed by atoms with Gasteiger partial charge in [-0.1, -0.05) is 0 Å². The molecule has 0 saturated heterocycles. The van der Waals surface area contributed by atoms with Crippen molar-refractivity contribution in [1.82, 2.24) is 19.6 Å². The molecule has 0 amide bonds. The molecule has 1 saturated carbocycles. The van der Waals surface area contributed by atoms with Crippen molar-refractivity contribution >= 4 is 21.2 Å². The molecule has 34 heavy (non-hydrogen) atoms. The van der Waals surface area contributed by atoms with Gasteiger partial charge in [0.25, 0.3) is 0 Å². The van der Waals surface area contributed by atoms with Crippen LogP contribution in [0.25, 0.3) is 16.6 Å². The Hall–Kier alpha value is -2.73.